The van der Waals surface area contributed by atoms with Gasteiger partial charge in [-0.05, 0) is 12.8 Å². The van der Waals surface area contributed by atoms with E-state index in [2.05, 4.69) is 15.9 Å². The Bertz CT molecular complexity index is 231. The van der Waals surface area contributed by atoms with E-state index < -0.39 is 0 Å². The maximum atomic E-state index is 12.0. The van der Waals surface area contributed by atoms with Crippen molar-refractivity contribution >= 4 is 21.8 Å². The van der Waals surface area contributed by atoms with E-state index in [1.165, 1.54) is 0 Å². The summed E-state index contributed by atoms with van der Waals surface area (Å²) in [4.78, 5) is 13.9. The van der Waals surface area contributed by atoms with E-state index in [4.69, 9.17) is 9.47 Å². The molecule has 5 heteroatoms. The molecule has 2 unspecified atom stereocenters. The Balaban J connectivity index is 1.88. The molecule has 2 fully saturated rings. The zero-order valence-corrected chi connectivity index (χ0v) is 10.2. The molecule has 0 bridgehead atoms. The molecule has 86 valence electrons. The molecule has 15 heavy (non-hydrogen) atoms. The third kappa shape index (κ3) is 2.71. The van der Waals surface area contributed by atoms with E-state index in [1.807, 2.05) is 4.90 Å². The lowest BCUT2D eigenvalue weighted by molar-refractivity contribution is -0.147. The molecule has 1 amide bonds. The second-order valence-electron chi connectivity index (χ2n) is 3.93. The van der Waals surface area contributed by atoms with Gasteiger partial charge < -0.3 is 14.4 Å². The first-order valence-electron chi connectivity index (χ1n) is 5.39. The Morgan fingerprint density at radius 3 is 2.93 bits per heavy atom. The minimum Gasteiger partial charge on any atom is -0.374 e. The molecule has 0 spiro atoms. The van der Waals surface area contributed by atoms with Crippen LogP contribution in [0.25, 0.3) is 0 Å². The Kier molecular flexibility index (Phi) is 3.99. The van der Waals surface area contributed by atoms with Gasteiger partial charge in [-0.15, -0.1) is 0 Å². The first-order chi connectivity index (χ1) is 7.31. The first-order valence-corrected chi connectivity index (χ1v) is 6.51. The van der Waals surface area contributed by atoms with Crippen LogP contribution in [-0.2, 0) is 14.3 Å². The molecule has 2 atom stereocenters. The van der Waals surface area contributed by atoms with Crippen LogP contribution in [0.1, 0.15) is 12.8 Å². The summed E-state index contributed by atoms with van der Waals surface area (Å²) >= 11 is 3.38. The van der Waals surface area contributed by atoms with E-state index in [1.54, 1.807) is 0 Å². The lowest BCUT2D eigenvalue weighted by atomic mass is 10.2. The molecule has 2 heterocycles. The largest absolute Gasteiger partial charge is 0.374 e. The fourth-order valence-corrected chi connectivity index (χ4v) is 2.38. The van der Waals surface area contributed by atoms with Crippen LogP contribution < -0.4 is 0 Å². The lowest BCUT2D eigenvalue weighted by Gasteiger charge is -2.33. The summed E-state index contributed by atoms with van der Waals surface area (Å²) in [6, 6.07) is 0. The highest BCUT2D eigenvalue weighted by molar-refractivity contribution is 9.09. The SMILES string of the molecule is O=C(C1CCCO1)N1CCOC(CBr)C1. The molecule has 0 aromatic heterocycles. The van der Waals surface area contributed by atoms with Crippen molar-refractivity contribution in [1.82, 2.24) is 4.90 Å². The Hall–Kier alpha value is -0.130. The standard InChI is InChI=1S/C10H16BrNO3/c11-6-8-7-12(3-5-14-8)10(13)9-2-1-4-15-9/h8-9H,1-7H2. The van der Waals surface area contributed by atoms with Crippen LogP contribution in [0.3, 0.4) is 0 Å². The second kappa shape index (κ2) is 5.27. The fourth-order valence-electron chi connectivity index (χ4n) is 1.99. The number of halogens is 1. The van der Waals surface area contributed by atoms with Crippen molar-refractivity contribution in [3.8, 4) is 0 Å². The minimum atomic E-state index is -0.195. The number of amides is 1. The average Bonchev–Trinajstić information content (AvgIpc) is 2.81. The van der Waals surface area contributed by atoms with Gasteiger partial charge in [0.25, 0.3) is 5.91 Å². The number of nitrogens with zero attached hydrogens (tertiary/aromatic N) is 1. The number of ether oxygens (including phenoxy) is 2. The summed E-state index contributed by atoms with van der Waals surface area (Å²) in [5.74, 6) is 0.141. The molecule has 2 rings (SSSR count). The molecule has 0 saturated carbocycles. The number of alkyl halides is 1. The van der Waals surface area contributed by atoms with Gasteiger partial charge in [-0.3, -0.25) is 4.79 Å². The number of rotatable bonds is 2. The van der Waals surface area contributed by atoms with Gasteiger partial charge in [0, 0.05) is 25.0 Å². The molecule has 0 radical (unpaired) electrons. The fraction of sp³-hybridized carbons (Fsp3) is 0.900. The lowest BCUT2D eigenvalue weighted by Crippen LogP contribution is -2.49. The summed E-state index contributed by atoms with van der Waals surface area (Å²) in [5, 5.41) is 0.780. The van der Waals surface area contributed by atoms with E-state index >= 15 is 0 Å². The van der Waals surface area contributed by atoms with Gasteiger partial charge in [0.1, 0.15) is 6.10 Å². The smallest absolute Gasteiger partial charge is 0.251 e. The van der Waals surface area contributed by atoms with Crippen LogP contribution in [0.4, 0.5) is 0 Å². The third-order valence-electron chi connectivity index (χ3n) is 2.83. The highest BCUT2D eigenvalue weighted by Gasteiger charge is 2.31. The molecule has 0 aliphatic carbocycles. The van der Waals surface area contributed by atoms with Crippen molar-refractivity contribution < 1.29 is 14.3 Å². The van der Waals surface area contributed by atoms with E-state index in [0.717, 1.165) is 24.8 Å². The quantitative estimate of drug-likeness (QED) is 0.701. The third-order valence-corrected chi connectivity index (χ3v) is 3.55. The monoisotopic (exact) mass is 277 g/mol. The number of carbonyl (C=O) groups excluding carboxylic acids is 1. The van der Waals surface area contributed by atoms with Crippen LogP contribution in [-0.4, -0.2) is 54.6 Å². The number of carbonyl (C=O) groups is 1. The van der Waals surface area contributed by atoms with Crippen molar-refractivity contribution in [1.29, 1.82) is 0 Å². The Morgan fingerprint density at radius 2 is 2.27 bits per heavy atom. The summed E-state index contributed by atoms with van der Waals surface area (Å²) < 4.78 is 10.9. The van der Waals surface area contributed by atoms with Crippen molar-refractivity contribution in [2.75, 3.05) is 31.6 Å². The zero-order valence-electron chi connectivity index (χ0n) is 8.65. The number of morpholine rings is 1. The maximum absolute atomic E-state index is 12.0. The van der Waals surface area contributed by atoms with Gasteiger partial charge in [0.05, 0.1) is 12.7 Å². The highest BCUT2D eigenvalue weighted by atomic mass is 79.9. The highest BCUT2D eigenvalue weighted by Crippen LogP contribution is 2.17. The normalized spacial score (nSPS) is 31.9. The van der Waals surface area contributed by atoms with Gasteiger partial charge in [-0.25, -0.2) is 0 Å². The molecular weight excluding hydrogens is 262 g/mol. The average molecular weight is 278 g/mol. The first kappa shape index (κ1) is 11.4. The maximum Gasteiger partial charge on any atom is 0.251 e. The van der Waals surface area contributed by atoms with Gasteiger partial charge in [0.2, 0.25) is 0 Å². The van der Waals surface area contributed by atoms with Crippen LogP contribution in [0.15, 0.2) is 0 Å². The summed E-state index contributed by atoms with van der Waals surface area (Å²) in [7, 11) is 0. The van der Waals surface area contributed by atoms with Crippen molar-refractivity contribution in [2.45, 2.75) is 25.0 Å². The minimum absolute atomic E-state index is 0.129. The molecule has 2 aliphatic heterocycles. The second-order valence-corrected chi connectivity index (χ2v) is 4.58. The predicted molar refractivity (Wildman–Crippen MR) is 59.1 cm³/mol. The molecule has 2 saturated heterocycles. The number of hydrogen-bond donors (Lipinski definition) is 0. The molecule has 0 aromatic rings. The molecule has 2 aliphatic rings. The van der Waals surface area contributed by atoms with Crippen molar-refractivity contribution in [3.63, 3.8) is 0 Å². The summed E-state index contributed by atoms with van der Waals surface area (Å²) in [6.07, 6.45) is 1.81. The summed E-state index contributed by atoms with van der Waals surface area (Å²) in [5.41, 5.74) is 0. The van der Waals surface area contributed by atoms with Gasteiger partial charge in [-0.1, -0.05) is 15.9 Å². The van der Waals surface area contributed by atoms with E-state index in [-0.39, 0.29) is 18.1 Å². The number of hydrogen-bond acceptors (Lipinski definition) is 3. The molecule has 4 nitrogen and oxygen atoms in total. The van der Waals surface area contributed by atoms with Gasteiger partial charge in [-0.2, -0.15) is 0 Å². The van der Waals surface area contributed by atoms with E-state index in [0.29, 0.717) is 19.7 Å². The van der Waals surface area contributed by atoms with Crippen molar-refractivity contribution in [3.05, 3.63) is 0 Å². The van der Waals surface area contributed by atoms with Crippen LogP contribution in [0.5, 0.6) is 0 Å². The Labute approximate surface area is 98.0 Å². The van der Waals surface area contributed by atoms with Crippen LogP contribution in [0.2, 0.25) is 0 Å². The van der Waals surface area contributed by atoms with Crippen LogP contribution >= 0.6 is 15.9 Å². The predicted octanol–water partition coefficient (Wildman–Crippen LogP) is 0.788. The summed E-state index contributed by atoms with van der Waals surface area (Å²) in [6.45, 7) is 2.74. The van der Waals surface area contributed by atoms with Crippen molar-refractivity contribution in [2.24, 2.45) is 0 Å². The van der Waals surface area contributed by atoms with Crippen LogP contribution in [0, 0.1) is 0 Å². The molecule has 0 N–H and O–H groups in total. The molecule has 0 aromatic carbocycles. The van der Waals surface area contributed by atoms with Gasteiger partial charge in [0.15, 0.2) is 0 Å². The zero-order chi connectivity index (χ0) is 10.7. The Morgan fingerprint density at radius 1 is 1.40 bits per heavy atom. The molecular formula is C10H16BrNO3. The topological polar surface area (TPSA) is 38.8 Å². The van der Waals surface area contributed by atoms with E-state index in [9.17, 15) is 4.79 Å². The van der Waals surface area contributed by atoms with Gasteiger partial charge >= 0.3 is 0 Å².